The largest absolute Gasteiger partial charge is 0.481 e. The highest BCUT2D eigenvalue weighted by Gasteiger charge is 2.00. The SMILES string of the molecule is C=CC/C=C\CC(O)\C=C/C=C/C=C/C(O)CCCCCC(=O)O. The number of aliphatic hydroxyl groups excluding tert-OH is 2. The molecule has 0 aromatic rings. The Balaban J connectivity index is 3.79. The maximum Gasteiger partial charge on any atom is 0.303 e. The summed E-state index contributed by atoms with van der Waals surface area (Å²) in [6.45, 7) is 3.62. The Bertz CT molecular complexity index is 447. The normalized spacial score (nSPS) is 14.9. The minimum atomic E-state index is -0.772. The molecule has 0 bridgehead atoms. The lowest BCUT2D eigenvalue weighted by Crippen LogP contribution is -2.01. The Morgan fingerprint density at radius 1 is 0.917 bits per heavy atom. The second kappa shape index (κ2) is 16.0. The molecule has 3 N–H and O–H groups in total. The van der Waals surface area contributed by atoms with Gasteiger partial charge in [0.1, 0.15) is 0 Å². The second-order valence-electron chi connectivity index (χ2n) is 5.51. The van der Waals surface area contributed by atoms with Crippen LogP contribution in [-0.4, -0.2) is 33.5 Å². The van der Waals surface area contributed by atoms with Crippen LogP contribution in [0.1, 0.15) is 44.9 Å². The summed E-state index contributed by atoms with van der Waals surface area (Å²) in [6, 6.07) is 0. The zero-order valence-electron chi connectivity index (χ0n) is 14.3. The molecule has 0 fully saturated rings. The van der Waals surface area contributed by atoms with Crippen molar-refractivity contribution < 1.29 is 20.1 Å². The summed E-state index contributed by atoms with van der Waals surface area (Å²) < 4.78 is 0. The molecule has 0 radical (unpaired) electrons. The third-order valence-electron chi connectivity index (χ3n) is 3.24. The first-order chi connectivity index (χ1) is 11.6. The molecule has 0 saturated carbocycles. The van der Waals surface area contributed by atoms with Crippen molar-refractivity contribution in [3.63, 3.8) is 0 Å². The molecular formula is C20H30O4. The van der Waals surface area contributed by atoms with Gasteiger partial charge >= 0.3 is 5.97 Å². The lowest BCUT2D eigenvalue weighted by Gasteiger charge is -2.03. The molecule has 0 heterocycles. The Morgan fingerprint density at radius 3 is 2.21 bits per heavy atom. The van der Waals surface area contributed by atoms with Crippen LogP contribution in [0.5, 0.6) is 0 Å². The average Bonchev–Trinajstić information content (AvgIpc) is 2.54. The Hall–Kier alpha value is -1.91. The Morgan fingerprint density at radius 2 is 1.58 bits per heavy atom. The predicted octanol–water partition coefficient (Wildman–Crippen LogP) is 3.93. The number of unbranched alkanes of at least 4 members (excludes halogenated alkanes) is 2. The third-order valence-corrected chi connectivity index (χ3v) is 3.24. The number of hydrogen-bond acceptors (Lipinski definition) is 3. The smallest absolute Gasteiger partial charge is 0.303 e. The average molecular weight is 334 g/mol. The van der Waals surface area contributed by atoms with Gasteiger partial charge in [-0.3, -0.25) is 4.79 Å². The highest BCUT2D eigenvalue weighted by atomic mass is 16.4. The van der Waals surface area contributed by atoms with Gasteiger partial charge in [0.15, 0.2) is 0 Å². The zero-order chi connectivity index (χ0) is 18.0. The standard InChI is InChI=1S/C20H30O4/c1-2-3-4-8-13-18(21)14-9-5-6-10-15-19(22)16-11-7-12-17-20(23)24/h2,4-6,8-10,14-15,18-19,21-22H,1,3,7,11-13,16-17H2,(H,23,24)/b6-5+,8-4-,14-9-,15-10+. The van der Waals surface area contributed by atoms with E-state index in [1.165, 1.54) is 0 Å². The summed E-state index contributed by atoms with van der Waals surface area (Å²) in [6.07, 6.45) is 19.7. The minimum absolute atomic E-state index is 0.191. The van der Waals surface area contributed by atoms with E-state index < -0.39 is 18.2 Å². The summed E-state index contributed by atoms with van der Waals surface area (Å²) in [5.74, 6) is -0.772. The molecule has 0 saturated heterocycles. The van der Waals surface area contributed by atoms with E-state index >= 15 is 0 Å². The van der Waals surface area contributed by atoms with Gasteiger partial charge in [0.2, 0.25) is 0 Å². The summed E-state index contributed by atoms with van der Waals surface area (Å²) in [5.41, 5.74) is 0. The van der Waals surface area contributed by atoms with Gasteiger partial charge in [-0.25, -0.2) is 0 Å². The number of aliphatic hydroxyl groups is 2. The van der Waals surface area contributed by atoms with Crippen molar-refractivity contribution in [3.05, 3.63) is 61.3 Å². The fraction of sp³-hybridized carbons (Fsp3) is 0.450. The molecule has 4 nitrogen and oxygen atoms in total. The number of carboxylic acids is 1. The molecule has 0 rings (SSSR count). The number of aliphatic carboxylic acids is 1. The van der Waals surface area contributed by atoms with Gasteiger partial charge in [-0.1, -0.05) is 67.5 Å². The fourth-order valence-corrected chi connectivity index (χ4v) is 1.92. The van der Waals surface area contributed by atoms with Crippen molar-refractivity contribution in [1.29, 1.82) is 0 Å². The van der Waals surface area contributed by atoms with Gasteiger partial charge in [-0.05, 0) is 25.7 Å². The molecule has 0 amide bonds. The molecule has 0 aliphatic carbocycles. The number of carboxylic acid groups (broad SMARTS) is 1. The third kappa shape index (κ3) is 16.5. The molecule has 0 aromatic heterocycles. The van der Waals surface area contributed by atoms with E-state index in [0.717, 1.165) is 19.3 Å². The van der Waals surface area contributed by atoms with Crippen LogP contribution in [0.3, 0.4) is 0 Å². The summed E-state index contributed by atoms with van der Waals surface area (Å²) in [5, 5.41) is 27.9. The van der Waals surface area contributed by atoms with Crippen LogP contribution >= 0.6 is 0 Å². The summed E-state index contributed by atoms with van der Waals surface area (Å²) in [7, 11) is 0. The van der Waals surface area contributed by atoms with E-state index in [4.69, 9.17) is 5.11 Å². The van der Waals surface area contributed by atoms with Gasteiger partial charge in [0, 0.05) is 6.42 Å². The van der Waals surface area contributed by atoms with Crippen molar-refractivity contribution in [1.82, 2.24) is 0 Å². The zero-order valence-corrected chi connectivity index (χ0v) is 14.3. The van der Waals surface area contributed by atoms with Crippen LogP contribution in [-0.2, 0) is 4.79 Å². The van der Waals surface area contributed by atoms with Crippen LogP contribution in [0.25, 0.3) is 0 Å². The topological polar surface area (TPSA) is 77.8 Å². The quantitative estimate of drug-likeness (QED) is 0.255. The lowest BCUT2D eigenvalue weighted by atomic mass is 10.1. The van der Waals surface area contributed by atoms with Gasteiger partial charge in [0.25, 0.3) is 0 Å². The fourth-order valence-electron chi connectivity index (χ4n) is 1.92. The molecule has 0 aliphatic rings. The highest BCUT2D eigenvalue weighted by molar-refractivity contribution is 5.66. The molecule has 0 aliphatic heterocycles. The molecule has 134 valence electrons. The van der Waals surface area contributed by atoms with Gasteiger partial charge in [0.05, 0.1) is 12.2 Å². The van der Waals surface area contributed by atoms with Crippen LogP contribution in [0.2, 0.25) is 0 Å². The maximum absolute atomic E-state index is 10.3. The van der Waals surface area contributed by atoms with E-state index in [0.29, 0.717) is 19.3 Å². The summed E-state index contributed by atoms with van der Waals surface area (Å²) >= 11 is 0. The van der Waals surface area contributed by atoms with Crippen molar-refractivity contribution in [2.45, 2.75) is 57.2 Å². The van der Waals surface area contributed by atoms with E-state index in [-0.39, 0.29) is 6.42 Å². The van der Waals surface area contributed by atoms with Gasteiger partial charge < -0.3 is 15.3 Å². The second-order valence-corrected chi connectivity index (χ2v) is 5.51. The monoisotopic (exact) mass is 334 g/mol. The maximum atomic E-state index is 10.3. The number of allylic oxidation sites excluding steroid dienone is 6. The van der Waals surface area contributed by atoms with Gasteiger partial charge in [-0.2, -0.15) is 0 Å². The van der Waals surface area contributed by atoms with Crippen LogP contribution in [0, 0.1) is 0 Å². The first kappa shape index (κ1) is 22.1. The molecule has 2 atom stereocenters. The Kier molecular flexibility index (Phi) is 14.7. The van der Waals surface area contributed by atoms with Crippen molar-refractivity contribution in [3.8, 4) is 0 Å². The number of carbonyl (C=O) groups is 1. The molecule has 24 heavy (non-hydrogen) atoms. The molecular weight excluding hydrogens is 304 g/mol. The van der Waals surface area contributed by atoms with Gasteiger partial charge in [-0.15, -0.1) is 6.58 Å². The van der Waals surface area contributed by atoms with E-state index in [1.54, 1.807) is 42.5 Å². The Labute approximate surface area is 145 Å². The first-order valence-corrected chi connectivity index (χ1v) is 8.41. The molecule has 2 unspecified atom stereocenters. The van der Waals surface area contributed by atoms with Crippen molar-refractivity contribution >= 4 is 5.97 Å². The van der Waals surface area contributed by atoms with E-state index in [9.17, 15) is 15.0 Å². The highest BCUT2D eigenvalue weighted by Crippen LogP contribution is 2.06. The summed E-state index contributed by atoms with van der Waals surface area (Å²) in [4.78, 5) is 10.3. The first-order valence-electron chi connectivity index (χ1n) is 8.41. The van der Waals surface area contributed by atoms with E-state index in [2.05, 4.69) is 6.58 Å². The van der Waals surface area contributed by atoms with Crippen LogP contribution < -0.4 is 0 Å². The molecule has 0 spiro atoms. The van der Waals surface area contributed by atoms with E-state index in [1.807, 2.05) is 12.2 Å². The van der Waals surface area contributed by atoms with Crippen LogP contribution in [0.15, 0.2) is 61.3 Å². The van der Waals surface area contributed by atoms with Crippen molar-refractivity contribution in [2.24, 2.45) is 0 Å². The molecule has 4 heteroatoms. The van der Waals surface area contributed by atoms with Crippen LogP contribution in [0.4, 0.5) is 0 Å². The minimum Gasteiger partial charge on any atom is -0.481 e. The number of hydrogen-bond donors (Lipinski definition) is 3. The van der Waals surface area contributed by atoms with Crippen molar-refractivity contribution in [2.75, 3.05) is 0 Å². The number of rotatable bonds is 14. The predicted molar refractivity (Wildman–Crippen MR) is 98.7 cm³/mol. The lowest BCUT2D eigenvalue weighted by molar-refractivity contribution is -0.137. The molecule has 0 aromatic carbocycles.